The van der Waals surface area contributed by atoms with Gasteiger partial charge in [0, 0.05) is 6.42 Å². The van der Waals surface area contributed by atoms with Gasteiger partial charge in [0.05, 0.1) is 0 Å². The molecule has 1 unspecified atom stereocenters. The van der Waals surface area contributed by atoms with E-state index in [9.17, 15) is 5.11 Å². The van der Waals surface area contributed by atoms with Gasteiger partial charge in [-0.05, 0) is 24.8 Å². The van der Waals surface area contributed by atoms with E-state index in [0.29, 0.717) is 18.1 Å². The van der Waals surface area contributed by atoms with Crippen LogP contribution in [0, 0.1) is 0 Å². The summed E-state index contributed by atoms with van der Waals surface area (Å²) in [4.78, 5) is 4.23. The van der Waals surface area contributed by atoms with Crippen molar-refractivity contribution in [3.8, 4) is 0 Å². The van der Waals surface area contributed by atoms with E-state index in [1.54, 1.807) is 0 Å². The molecule has 0 radical (unpaired) electrons. The SMILES string of the molecule is CCCC(O)c1noc(CCCc2ccccc2)n1. The highest BCUT2D eigenvalue weighted by Gasteiger charge is 2.14. The predicted octanol–water partition coefficient (Wildman–Crippen LogP) is 3.08. The molecule has 0 bridgehead atoms. The van der Waals surface area contributed by atoms with Crippen LogP contribution in [-0.4, -0.2) is 15.2 Å². The van der Waals surface area contributed by atoms with Crippen LogP contribution >= 0.6 is 0 Å². The third-order valence-electron chi connectivity index (χ3n) is 3.04. The van der Waals surface area contributed by atoms with Crippen LogP contribution in [0.1, 0.15) is 49.6 Å². The van der Waals surface area contributed by atoms with E-state index in [2.05, 4.69) is 22.3 Å². The minimum Gasteiger partial charge on any atom is -0.385 e. The van der Waals surface area contributed by atoms with Crippen molar-refractivity contribution in [2.24, 2.45) is 0 Å². The second-order valence-electron chi connectivity index (χ2n) is 4.69. The topological polar surface area (TPSA) is 59.2 Å². The summed E-state index contributed by atoms with van der Waals surface area (Å²) < 4.78 is 5.15. The van der Waals surface area contributed by atoms with E-state index in [1.165, 1.54) is 5.56 Å². The Morgan fingerprint density at radius 1 is 1.21 bits per heavy atom. The number of hydrogen-bond donors (Lipinski definition) is 1. The Morgan fingerprint density at radius 3 is 2.74 bits per heavy atom. The molecule has 2 rings (SSSR count). The molecule has 0 saturated carbocycles. The molecule has 0 amide bonds. The monoisotopic (exact) mass is 260 g/mol. The van der Waals surface area contributed by atoms with Gasteiger partial charge in [0.2, 0.25) is 5.89 Å². The second-order valence-corrected chi connectivity index (χ2v) is 4.69. The molecule has 1 atom stereocenters. The van der Waals surface area contributed by atoms with E-state index in [1.807, 2.05) is 25.1 Å². The van der Waals surface area contributed by atoms with Crippen molar-refractivity contribution in [3.05, 3.63) is 47.6 Å². The first-order valence-electron chi connectivity index (χ1n) is 6.84. The van der Waals surface area contributed by atoms with Crippen LogP contribution in [0.4, 0.5) is 0 Å². The van der Waals surface area contributed by atoms with Gasteiger partial charge in [0.15, 0.2) is 5.82 Å². The Balaban J connectivity index is 1.80. The highest BCUT2D eigenvalue weighted by Crippen LogP contribution is 2.15. The molecule has 1 aromatic heterocycles. The Kier molecular flexibility index (Phi) is 5.10. The van der Waals surface area contributed by atoms with E-state index < -0.39 is 6.10 Å². The average molecular weight is 260 g/mol. The first kappa shape index (κ1) is 13.7. The number of benzene rings is 1. The summed E-state index contributed by atoms with van der Waals surface area (Å²) in [5.41, 5.74) is 1.31. The fourth-order valence-electron chi connectivity index (χ4n) is 2.00. The summed E-state index contributed by atoms with van der Waals surface area (Å²) in [6, 6.07) is 10.3. The molecule has 19 heavy (non-hydrogen) atoms. The number of aryl methyl sites for hydroxylation is 2. The number of nitrogens with zero attached hydrogens (tertiary/aromatic N) is 2. The number of rotatable bonds is 7. The van der Waals surface area contributed by atoms with Gasteiger partial charge in [0.1, 0.15) is 6.10 Å². The van der Waals surface area contributed by atoms with Gasteiger partial charge in [-0.2, -0.15) is 4.98 Å². The highest BCUT2D eigenvalue weighted by atomic mass is 16.5. The molecule has 4 heteroatoms. The van der Waals surface area contributed by atoms with Crippen molar-refractivity contribution in [2.45, 2.75) is 45.1 Å². The summed E-state index contributed by atoms with van der Waals surface area (Å²) >= 11 is 0. The number of hydrogen-bond acceptors (Lipinski definition) is 4. The van der Waals surface area contributed by atoms with Gasteiger partial charge in [0.25, 0.3) is 0 Å². The molecule has 2 aromatic rings. The minimum absolute atomic E-state index is 0.413. The van der Waals surface area contributed by atoms with E-state index in [-0.39, 0.29) is 0 Å². The molecule has 0 aliphatic carbocycles. The van der Waals surface area contributed by atoms with Crippen molar-refractivity contribution in [1.82, 2.24) is 10.1 Å². The largest absolute Gasteiger partial charge is 0.385 e. The third kappa shape index (κ3) is 4.17. The Morgan fingerprint density at radius 2 is 2.00 bits per heavy atom. The molecule has 0 aliphatic heterocycles. The van der Waals surface area contributed by atoms with Gasteiger partial charge in [-0.3, -0.25) is 0 Å². The summed E-state index contributed by atoms with van der Waals surface area (Å²) in [5, 5.41) is 13.6. The second kappa shape index (κ2) is 7.04. The molecule has 0 fully saturated rings. The van der Waals surface area contributed by atoms with Gasteiger partial charge >= 0.3 is 0 Å². The van der Waals surface area contributed by atoms with Crippen LogP contribution in [0.15, 0.2) is 34.9 Å². The van der Waals surface area contributed by atoms with E-state index in [0.717, 1.165) is 25.7 Å². The number of aromatic nitrogens is 2. The zero-order chi connectivity index (χ0) is 13.5. The molecule has 4 nitrogen and oxygen atoms in total. The molecule has 1 N–H and O–H groups in total. The van der Waals surface area contributed by atoms with Crippen LogP contribution in [0.3, 0.4) is 0 Å². The summed E-state index contributed by atoms with van der Waals surface area (Å²) in [6.45, 7) is 2.02. The Labute approximate surface area is 113 Å². The fourth-order valence-corrected chi connectivity index (χ4v) is 2.00. The summed E-state index contributed by atoms with van der Waals surface area (Å²) in [5.74, 6) is 1.03. The first-order valence-corrected chi connectivity index (χ1v) is 6.84. The number of aliphatic hydroxyl groups excluding tert-OH is 1. The molecule has 0 aliphatic rings. The zero-order valence-electron chi connectivity index (χ0n) is 11.2. The molecule has 1 aromatic carbocycles. The van der Waals surface area contributed by atoms with Crippen LogP contribution in [0.5, 0.6) is 0 Å². The van der Waals surface area contributed by atoms with Gasteiger partial charge < -0.3 is 9.63 Å². The smallest absolute Gasteiger partial charge is 0.226 e. The predicted molar refractivity (Wildman–Crippen MR) is 72.6 cm³/mol. The maximum Gasteiger partial charge on any atom is 0.226 e. The maximum atomic E-state index is 9.75. The van der Waals surface area contributed by atoms with Crippen LogP contribution < -0.4 is 0 Å². The highest BCUT2D eigenvalue weighted by molar-refractivity contribution is 5.14. The maximum absolute atomic E-state index is 9.75. The lowest BCUT2D eigenvalue weighted by Crippen LogP contribution is -1.99. The van der Waals surface area contributed by atoms with Crippen LogP contribution in [0.25, 0.3) is 0 Å². The normalized spacial score (nSPS) is 12.5. The molecule has 0 saturated heterocycles. The quantitative estimate of drug-likeness (QED) is 0.831. The number of aliphatic hydroxyl groups is 1. The van der Waals surface area contributed by atoms with Crippen molar-refractivity contribution in [2.75, 3.05) is 0 Å². The van der Waals surface area contributed by atoms with E-state index >= 15 is 0 Å². The van der Waals surface area contributed by atoms with Gasteiger partial charge in [-0.25, -0.2) is 0 Å². The van der Waals surface area contributed by atoms with E-state index in [4.69, 9.17) is 4.52 Å². The molecule has 1 heterocycles. The minimum atomic E-state index is -0.600. The average Bonchev–Trinajstić information content (AvgIpc) is 2.89. The lowest BCUT2D eigenvalue weighted by atomic mass is 10.1. The van der Waals surface area contributed by atoms with Crippen LogP contribution in [0.2, 0.25) is 0 Å². The van der Waals surface area contributed by atoms with Crippen molar-refractivity contribution in [1.29, 1.82) is 0 Å². The third-order valence-corrected chi connectivity index (χ3v) is 3.04. The fraction of sp³-hybridized carbons (Fsp3) is 0.467. The Hall–Kier alpha value is -1.68. The molecule has 102 valence electrons. The summed E-state index contributed by atoms with van der Waals surface area (Å²) in [6.07, 6.45) is 3.69. The molecular formula is C15H20N2O2. The van der Waals surface area contributed by atoms with Crippen molar-refractivity contribution in [3.63, 3.8) is 0 Å². The lowest BCUT2D eigenvalue weighted by molar-refractivity contribution is 0.152. The zero-order valence-corrected chi connectivity index (χ0v) is 11.2. The first-order chi connectivity index (χ1) is 9.29. The van der Waals surface area contributed by atoms with Crippen molar-refractivity contribution >= 4 is 0 Å². The molecular weight excluding hydrogens is 240 g/mol. The van der Waals surface area contributed by atoms with Gasteiger partial charge in [-0.15, -0.1) is 0 Å². The van der Waals surface area contributed by atoms with Gasteiger partial charge in [-0.1, -0.05) is 48.8 Å². The summed E-state index contributed by atoms with van der Waals surface area (Å²) in [7, 11) is 0. The Bertz CT molecular complexity index is 482. The van der Waals surface area contributed by atoms with Crippen molar-refractivity contribution < 1.29 is 9.63 Å². The molecule has 0 spiro atoms. The van der Waals surface area contributed by atoms with Crippen LogP contribution in [-0.2, 0) is 12.8 Å². The lowest BCUT2D eigenvalue weighted by Gasteiger charge is -2.01. The standard InChI is InChI=1S/C15H20N2O2/c1-2-7-13(18)15-16-14(19-17-15)11-6-10-12-8-4-3-5-9-12/h3-5,8-9,13,18H,2,6-7,10-11H2,1H3.